The Morgan fingerprint density at radius 2 is 2.11 bits per heavy atom. The summed E-state index contributed by atoms with van der Waals surface area (Å²) >= 11 is 0. The Hall–Kier alpha value is -1.13. The van der Waals surface area contributed by atoms with Crippen LogP contribution in [0.1, 0.15) is 12.5 Å². The average Bonchev–Trinajstić information content (AvgIpc) is 2.32. The van der Waals surface area contributed by atoms with Crippen molar-refractivity contribution in [3.63, 3.8) is 0 Å². The topological polar surface area (TPSA) is 32.3 Å². The largest absolute Gasteiger partial charge is 0.337 e. The van der Waals surface area contributed by atoms with Crippen molar-refractivity contribution in [1.82, 2.24) is 10.2 Å². The van der Waals surface area contributed by atoms with Crippen molar-refractivity contribution in [2.75, 3.05) is 19.6 Å². The quantitative estimate of drug-likeness (QED) is 0.887. The van der Waals surface area contributed by atoms with Gasteiger partial charge in [-0.25, -0.2) is 4.39 Å². The first-order valence-corrected chi connectivity index (χ1v) is 5.91. The molecule has 0 aromatic heterocycles. The molecule has 0 unspecified atom stereocenters. The maximum atomic E-state index is 12.7. The third-order valence-electron chi connectivity index (χ3n) is 3.09. The molecule has 1 aliphatic heterocycles. The molecule has 2 rings (SSSR count). The molecule has 1 saturated heterocycles. The van der Waals surface area contributed by atoms with Gasteiger partial charge in [-0.1, -0.05) is 12.1 Å². The third kappa shape index (κ3) is 3.68. The first kappa shape index (κ1) is 14.9. The van der Waals surface area contributed by atoms with Crippen LogP contribution >= 0.6 is 12.4 Å². The maximum Gasteiger partial charge on any atom is 0.227 e. The molecule has 3 nitrogen and oxygen atoms in total. The Labute approximate surface area is 113 Å². The lowest BCUT2D eigenvalue weighted by atomic mass is 10.1. The molecule has 0 saturated carbocycles. The Morgan fingerprint density at radius 3 is 2.72 bits per heavy atom. The van der Waals surface area contributed by atoms with Gasteiger partial charge >= 0.3 is 0 Å². The van der Waals surface area contributed by atoms with E-state index in [1.807, 2.05) is 11.8 Å². The molecular formula is C13H18ClFN2O. The second kappa shape index (κ2) is 6.71. The highest BCUT2D eigenvalue weighted by atomic mass is 35.5. The van der Waals surface area contributed by atoms with E-state index in [1.54, 1.807) is 12.1 Å². The van der Waals surface area contributed by atoms with Crippen LogP contribution in [0.4, 0.5) is 4.39 Å². The molecule has 1 aromatic rings. The van der Waals surface area contributed by atoms with Crippen molar-refractivity contribution in [2.24, 2.45) is 0 Å². The van der Waals surface area contributed by atoms with Crippen LogP contribution in [0.25, 0.3) is 0 Å². The Kier molecular flexibility index (Phi) is 5.56. The minimum atomic E-state index is -0.267. The maximum absolute atomic E-state index is 12.7. The number of benzene rings is 1. The van der Waals surface area contributed by atoms with Gasteiger partial charge in [0, 0.05) is 25.7 Å². The molecule has 1 aliphatic rings. The molecule has 18 heavy (non-hydrogen) atoms. The highest BCUT2D eigenvalue weighted by Gasteiger charge is 2.22. The Balaban J connectivity index is 0.00000162. The summed E-state index contributed by atoms with van der Waals surface area (Å²) in [4.78, 5) is 14.0. The van der Waals surface area contributed by atoms with Gasteiger partial charge in [0.25, 0.3) is 0 Å². The van der Waals surface area contributed by atoms with Crippen LogP contribution in [0, 0.1) is 5.82 Å². The minimum absolute atomic E-state index is 0. The molecule has 0 spiro atoms. The number of nitrogens with one attached hydrogen (secondary N) is 1. The summed E-state index contributed by atoms with van der Waals surface area (Å²) in [5.74, 6) is -0.151. The lowest BCUT2D eigenvalue weighted by Gasteiger charge is -2.34. The first-order chi connectivity index (χ1) is 8.16. The van der Waals surface area contributed by atoms with Crippen LogP contribution in [0.3, 0.4) is 0 Å². The van der Waals surface area contributed by atoms with Crippen LogP contribution in [0.2, 0.25) is 0 Å². The molecule has 0 aliphatic carbocycles. The van der Waals surface area contributed by atoms with Crippen LogP contribution in [0.5, 0.6) is 0 Å². The molecule has 1 fully saturated rings. The van der Waals surface area contributed by atoms with E-state index in [4.69, 9.17) is 0 Å². The number of carbonyl (C=O) groups is 1. The van der Waals surface area contributed by atoms with E-state index in [1.165, 1.54) is 12.1 Å². The van der Waals surface area contributed by atoms with E-state index in [9.17, 15) is 9.18 Å². The Bertz CT molecular complexity index is 396. The van der Waals surface area contributed by atoms with Gasteiger partial charge in [0.1, 0.15) is 5.82 Å². The SMILES string of the molecule is C[C@@H]1CNCCN1C(=O)Cc1ccc(F)cc1.Cl. The molecule has 1 atom stereocenters. The zero-order chi connectivity index (χ0) is 12.3. The highest BCUT2D eigenvalue weighted by Crippen LogP contribution is 2.09. The molecule has 5 heteroatoms. The van der Waals surface area contributed by atoms with Crippen LogP contribution in [-0.4, -0.2) is 36.5 Å². The summed E-state index contributed by atoms with van der Waals surface area (Å²) in [7, 11) is 0. The van der Waals surface area contributed by atoms with Crippen LogP contribution in [0.15, 0.2) is 24.3 Å². The monoisotopic (exact) mass is 272 g/mol. The molecule has 1 N–H and O–H groups in total. The zero-order valence-electron chi connectivity index (χ0n) is 10.4. The predicted molar refractivity (Wildman–Crippen MR) is 71.4 cm³/mol. The van der Waals surface area contributed by atoms with Crippen molar-refractivity contribution in [1.29, 1.82) is 0 Å². The van der Waals surface area contributed by atoms with Crippen LogP contribution in [-0.2, 0) is 11.2 Å². The summed E-state index contributed by atoms with van der Waals surface area (Å²) in [5, 5.41) is 3.25. The number of carbonyl (C=O) groups excluding carboxylic acids is 1. The summed E-state index contributed by atoms with van der Waals surface area (Å²) in [6, 6.07) is 6.35. The fraction of sp³-hybridized carbons (Fsp3) is 0.462. The van der Waals surface area contributed by atoms with Crippen LogP contribution < -0.4 is 5.32 Å². The fourth-order valence-electron chi connectivity index (χ4n) is 2.09. The van der Waals surface area contributed by atoms with Crippen molar-refractivity contribution < 1.29 is 9.18 Å². The minimum Gasteiger partial charge on any atom is -0.337 e. The van der Waals surface area contributed by atoms with Gasteiger partial charge in [0.05, 0.1) is 6.42 Å². The summed E-state index contributed by atoms with van der Waals surface area (Å²) in [6.45, 7) is 4.48. The van der Waals surface area contributed by atoms with Gasteiger partial charge < -0.3 is 10.2 Å². The molecular weight excluding hydrogens is 255 g/mol. The van der Waals surface area contributed by atoms with E-state index in [0.29, 0.717) is 6.42 Å². The van der Waals surface area contributed by atoms with Gasteiger partial charge in [0.15, 0.2) is 0 Å². The first-order valence-electron chi connectivity index (χ1n) is 5.91. The standard InChI is InChI=1S/C13H17FN2O.ClH/c1-10-9-15-6-7-16(10)13(17)8-11-2-4-12(14)5-3-11;/h2-5,10,15H,6-9H2,1H3;1H/t10-;/m1./s1. The second-order valence-corrected chi connectivity index (χ2v) is 4.44. The number of rotatable bonds is 2. The van der Waals surface area contributed by atoms with E-state index in [-0.39, 0.29) is 30.2 Å². The molecule has 100 valence electrons. The van der Waals surface area contributed by atoms with Crippen molar-refractivity contribution in [3.05, 3.63) is 35.6 Å². The predicted octanol–water partition coefficient (Wildman–Crippen LogP) is 1.61. The molecule has 1 amide bonds. The van der Waals surface area contributed by atoms with Gasteiger partial charge in [-0.15, -0.1) is 12.4 Å². The number of amides is 1. The summed E-state index contributed by atoms with van der Waals surface area (Å²) < 4.78 is 12.7. The molecule has 0 radical (unpaired) electrons. The van der Waals surface area contributed by atoms with E-state index >= 15 is 0 Å². The summed E-state index contributed by atoms with van der Waals surface area (Å²) in [6.07, 6.45) is 0.352. The highest BCUT2D eigenvalue weighted by molar-refractivity contribution is 5.85. The number of nitrogens with zero attached hydrogens (tertiary/aromatic N) is 1. The lowest BCUT2D eigenvalue weighted by molar-refractivity contribution is -0.133. The molecule has 1 heterocycles. The molecule has 1 aromatic carbocycles. The van der Waals surface area contributed by atoms with Gasteiger partial charge in [-0.3, -0.25) is 4.79 Å². The number of hydrogen-bond acceptors (Lipinski definition) is 2. The normalized spacial score (nSPS) is 19.2. The van der Waals surface area contributed by atoms with Crippen molar-refractivity contribution in [3.8, 4) is 0 Å². The van der Waals surface area contributed by atoms with Gasteiger partial charge in [-0.2, -0.15) is 0 Å². The van der Waals surface area contributed by atoms with Crippen molar-refractivity contribution in [2.45, 2.75) is 19.4 Å². The zero-order valence-corrected chi connectivity index (χ0v) is 11.2. The lowest BCUT2D eigenvalue weighted by Crippen LogP contribution is -2.52. The third-order valence-corrected chi connectivity index (χ3v) is 3.09. The number of halogens is 2. The second-order valence-electron chi connectivity index (χ2n) is 4.44. The van der Waals surface area contributed by atoms with E-state index < -0.39 is 0 Å². The Morgan fingerprint density at radius 1 is 1.44 bits per heavy atom. The van der Waals surface area contributed by atoms with Gasteiger partial charge in [-0.05, 0) is 24.6 Å². The number of hydrogen-bond donors (Lipinski definition) is 1. The smallest absolute Gasteiger partial charge is 0.227 e. The summed E-state index contributed by atoms with van der Waals surface area (Å²) in [5.41, 5.74) is 0.863. The molecule has 0 bridgehead atoms. The van der Waals surface area contributed by atoms with E-state index in [2.05, 4.69) is 5.32 Å². The average molecular weight is 273 g/mol. The van der Waals surface area contributed by atoms with Gasteiger partial charge in [0.2, 0.25) is 5.91 Å². The van der Waals surface area contributed by atoms with Crippen molar-refractivity contribution >= 4 is 18.3 Å². The van der Waals surface area contributed by atoms with E-state index in [0.717, 1.165) is 25.2 Å². The fourth-order valence-corrected chi connectivity index (χ4v) is 2.09. The number of piperazine rings is 1.